The predicted molar refractivity (Wildman–Crippen MR) is 123 cm³/mol. The zero-order valence-corrected chi connectivity index (χ0v) is 18.1. The molecule has 0 bridgehead atoms. The van der Waals surface area contributed by atoms with Crippen molar-refractivity contribution in [2.45, 2.75) is 58.7 Å². The molecular weight excluding hydrogens is 370 g/mol. The Hall–Kier alpha value is -2.65. The summed E-state index contributed by atoms with van der Waals surface area (Å²) in [5.74, 6) is 0.858. The third kappa shape index (κ3) is 8.00. The van der Waals surface area contributed by atoms with Crippen molar-refractivity contribution in [1.82, 2.24) is 4.98 Å². The Labute approximate surface area is 181 Å². The number of benzene rings is 2. The van der Waals surface area contributed by atoms with Gasteiger partial charge in [0.1, 0.15) is 12.4 Å². The van der Waals surface area contributed by atoms with E-state index in [4.69, 9.17) is 9.47 Å². The summed E-state index contributed by atoms with van der Waals surface area (Å²) in [6.45, 7) is 4.02. The summed E-state index contributed by atoms with van der Waals surface area (Å²) in [5, 5.41) is 0. The van der Waals surface area contributed by atoms with E-state index >= 15 is 0 Å². The van der Waals surface area contributed by atoms with Crippen LogP contribution in [0.5, 0.6) is 5.75 Å². The van der Waals surface area contributed by atoms with Crippen molar-refractivity contribution in [3.05, 3.63) is 95.3 Å². The standard InChI is InChI=1S/C27H33NO2/c1-2-3-10-23-16-18-24(19-17-23)11-7-8-20-29-21-25-12-9-13-26(28-25)22-30-27-14-5-4-6-15-27/h4-6,9,12-19H,2-3,7-8,10-11,20-22H2,1H3. The van der Waals surface area contributed by atoms with Gasteiger partial charge in [0.25, 0.3) is 0 Å². The molecule has 2 aromatic carbocycles. The van der Waals surface area contributed by atoms with Crippen LogP contribution in [0.3, 0.4) is 0 Å². The Kier molecular flexibility index (Phi) is 9.42. The van der Waals surface area contributed by atoms with Gasteiger partial charge in [0.05, 0.1) is 18.0 Å². The summed E-state index contributed by atoms with van der Waals surface area (Å²) in [7, 11) is 0. The molecule has 0 radical (unpaired) electrons. The van der Waals surface area contributed by atoms with E-state index in [0.29, 0.717) is 13.2 Å². The molecule has 0 aliphatic rings. The normalized spacial score (nSPS) is 10.8. The van der Waals surface area contributed by atoms with E-state index < -0.39 is 0 Å². The molecule has 3 rings (SSSR count). The van der Waals surface area contributed by atoms with Gasteiger partial charge < -0.3 is 9.47 Å². The number of aryl methyl sites for hydroxylation is 2. The lowest BCUT2D eigenvalue weighted by Gasteiger charge is -2.08. The second kappa shape index (κ2) is 12.8. The Morgan fingerprint density at radius 3 is 2.03 bits per heavy atom. The lowest BCUT2D eigenvalue weighted by Crippen LogP contribution is -2.03. The summed E-state index contributed by atoms with van der Waals surface area (Å²) in [6.07, 6.45) is 7.04. The fourth-order valence-electron chi connectivity index (χ4n) is 3.33. The van der Waals surface area contributed by atoms with E-state index in [2.05, 4.69) is 36.2 Å². The SMILES string of the molecule is CCCCc1ccc(CCCCOCc2cccc(COc3ccccc3)n2)cc1. The number of aromatic nitrogens is 1. The van der Waals surface area contributed by atoms with Crippen molar-refractivity contribution in [2.24, 2.45) is 0 Å². The van der Waals surface area contributed by atoms with Gasteiger partial charge in [-0.3, -0.25) is 4.98 Å². The van der Waals surface area contributed by atoms with Crippen molar-refractivity contribution in [2.75, 3.05) is 6.61 Å². The number of ether oxygens (including phenoxy) is 2. The molecule has 30 heavy (non-hydrogen) atoms. The third-order valence-corrected chi connectivity index (χ3v) is 5.09. The first kappa shape index (κ1) is 22.0. The highest BCUT2D eigenvalue weighted by Crippen LogP contribution is 2.12. The lowest BCUT2D eigenvalue weighted by atomic mass is 10.0. The van der Waals surface area contributed by atoms with Gasteiger partial charge in [0.15, 0.2) is 0 Å². The van der Waals surface area contributed by atoms with Crippen LogP contribution in [0.4, 0.5) is 0 Å². The van der Waals surface area contributed by atoms with Gasteiger partial charge in [0.2, 0.25) is 0 Å². The van der Waals surface area contributed by atoms with Crippen LogP contribution in [0, 0.1) is 0 Å². The minimum atomic E-state index is 0.467. The molecule has 158 valence electrons. The Balaban J connectivity index is 1.31. The van der Waals surface area contributed by atoms with Gasteiger partial charge in [-0.2, -0.15) is 0 Å². The van der Waals surface area contributed by atoms with Crippen molar-refractivity contribution in [3.8, 4) is 5.75 Å². The molecule has 0 N–H and O–H groups in total. The number of pyridine rings is 1. The first-order chi connectivity index (χ1) is 14.8. The van der Waals surface area contributed by atoms with Crippen LogP contribution in [0.2, 0.25) is 0 Å². The van der Waals surface area contributed by atoms with E-state index in [-0.39, 0.29) is 0 Å². The van der Waals surface area contributed by atoms with Gasteiger partial charge in [-0.1, -0.05) is 61.9 Å². The maximum atomic E-state index is 5.84. The van der Waals surface area contributed by atoms with Crippen molar-refractivity contribution < 1.29 is 9.47 Å². The van der Waals surface area contributed by atoms with E-state index in [9.17, 15) is 0 Å². The number of rotatable bonds is 13. The van der Waals surface area contributed by atoms with Crippen molar-refractivity contribution >= 4 is 0 Å². The molecule has 1 heterocycles. The fourth-order valence-corrected chi connectivity index (χ4v) is 3.33. The molecule has 3 aromatic rings. The van der Waals surface area contributed by atoms with Crippen LogP contribution in [0.15, 0.2) is 72.8 Å². The van der Waals surface area contributed by atoms with E-state index in [1.807, 2.05) is 48.5 Å². The lowest BCUT2D eigenvalue weighted by molar-refractivity contribution is 0.114. The predicted octanol–water partition coefficient (Wildman–Crippen LogP) is 6.54. The summed E-state index contributed by atoms with van der Waals surface area (Å²) in [4.78, 5) is 4.63. The van der Waals surface area contributed by atoms with Crippen molar-refractivity contribution in [1.29, 1.82) is 0 Å². The summed E-state index contributed by atoms with van der Waals surface area (Å²) in [6, 6.07) is 24.9. The minimum Gasteiger partial charge on any atom is -0.487 e. The van der Waals surface area contributed by atoms with E-state index in [1.165, 1.54) is 30.4 Å². The fraction of sp³-hybridized carbons (Fsp3) is 0.370. The zero-order valence-electron chi connectivity index (χ0n) is 18.1. The Morgan fingerprint density at radius 2 is 1.33 bits per heavy atom. The molecule has 0 saturated heterocycles. The van der Waals surface area contributed by atoms with Crippen LogP contribution in [0.1, 0.15) is 55.1 Å². The van der Waals surface area contributed by atoms with Gasteiger partial charge >= 0.3 is 0 Å². The average Bonchev–Trinajstić information content (AvgIpc) is 2.80. The first-order valence-electron chi connectivity index (χ1n) is 11.1. The van der Waals surface area contributed by atoms with Gasteiger partial charge in [-0.05, 0) is 67.5 Å². The summed E-state index contributed by atoms with van der Waals surface area (Å²) >= 11 is 0. The van der Waals surface area contributed by atoms with Gasteiger partial charge in [0, 0.05) is 6.61 Å². The van der Waals surface area contributed by atoms with E-state index in [0.717, 1.165) is 43.0 Å². The van der Waals surface area contributed by atoms with Gasteiger partial charge in [-0.25, -0.2) is 0 Å². The maximum Gasteiger partial charge on any atom is 0.130 e. The maximum absolute atomic E-state index is 5.84. The number of hydrogen-bond acceptors (Lipinski definition) is 3. The monoisotopic (exact) mass is 403 g/mol. The molecule has 0 atom stereocenters. The molecule has 3 nitrogen and oxygen atoms in total. The number of unbranched alkanes of at least 4 members (excludes halogenated alkanes) is 2. The molecule has 0 saturated carbocycles. The molecule has 0 aliphatic heterocycles. The van der Waals surface area contributed by atoms with Crippen LogP contribution in [-0.4, -0.2) is 11.6 Å². The van der Waals surface area contributed by atoms with Crippen LogP contribution < -0.4 is 4.74 Å². The molecule has 3 heteroatoms. The van der Waals surface area contributed by atoms with Crippen LogP contribution in [-0.2, 0) is 30.8 Å². The molecular formula is C27H33NO2. The Morgan fingerprint density at radius 1 is 0.667 bits per heavy atom. The molecule has 0 unspecified atom stereocenters. The van der Waals surface area contributed by atoms with Crippen molar-refractivity contribution in [3.63, 3.8) is 0 Å². The summed E-state index contributed by atoms with van der Waals surface area (Å²) in [5.41, 5.74) is 4.74. The number of hydrogen-bond donors (Lipinski definition) is 0. The highest BCUT2D eigenvalue weighted by molar-refractivity contribution is 5.23. The highest BCUT2D eigenvalue weighted by atomic mass is 16.5. The smallest absolute Gasteiger partial charge is 0.130 e. The second-order valence-corrected chi connectivity index (χ2v) is 7.65. The molecule has 0 aliphatic carbocycles. The van der Waals surface area contributed by atoms with Gasteiger partial charge in [-0.15, -0.1) is 0 Å². The van der Waals surface area contributed by atoms with Crippen LogP contribution >= 0.6 is 0 Å². The molecule has 0 spiro atoms. The largest absolute Gasteiger partial charge is 0.487 e. The quantitative estimate of drug-likeness (QED) is 0.304. The zero-order chi connectivity index (χ0) is 20.9. The molecule has 0 amide bonds. The number of nitrogens with zero attached hydrogens (tertiary/aromatic N) is 1. The Bertz CT molecular complexity index is 846. The first-order valence-corrected chi connectivity index (χ1v) is 11.1. The minimum absolute atomic E-state index is 0.467. The van der Waals surface area contributed by atoms with E-state index in [1.54, 1.807) is 0 Å². The molecule has 0 fully saturated rings. The van der Waals surface area contributed by atoms with Crippen LogP contribution in [0.25, 0.3) is 0 Å². The number of para-hydroxylation sites is 1. The average molecular weight is 404 g/mol. The topological polar surface area (TPSA) is 31.4 Å². The second-order valence-electron chi connectivity index (χ2n) is 7.65. The summed E-state index contributed by atoms with van der Waals surface area (Å²) < 4.78 is 11.6. The third-order valence-electron chi connectivity index (χ3n) is 5.09. The highest BCUT2D eigenvalue weighted by Gasteiger charge is 2.01. The molecule has 1 aromatic heterocycles.